The molecule has 1 aromatic heterocycles. The molecule has 2 aliphatic carbocycles. The van der Waals surface area contributed by atoms with E-state index in [1.54, 1.807) is 0 Å². The van der Waals surface area contributed by atoms with Gasteiger partial charge in [-0.3, -0.25) is 0 Å². The Morgan fingerprint density at radius 3 is 1.56 bits per heavy atom. The van der Waals surface area contributed by atoms with Gasteiger partial charge in [-0.15, -0.1) is 0 Å². The van der Waals surface area contributed by atoms with Crippen LogP contribution in [0.5, 0.6) is 0 Å². The van der Waals surface area contributed by atoms with Crippen molar-refractivity contribution in [1.29, 1.82) is 5.26 Å². The Kier molecular flexibility index (Phi) is 7.40. The summed E-state index contributed by atoms with van der Waals surface area (Å²) in [5.74, 6) is 1.92. The van der Waals surface area contributed by atoms with E-state index in [-0.39, 0.29) is 5.41 Å². The number of hydrogen-bond acceptors (Lipinski definition) is 4. The lowest BCUT2D eigenvalue weighted by atomic mass is 9.67. The minimum Gasteiger partial charge on any atom is -0.208 e. The fourth-order valence-electron chi connectivity index (χ4n) is 8.15. The van der Waals surface area contributed by atoms with Gasteiger partial charge in [0.2, 0.25) is 0 Å². The summed E-state index contributed by atoms with van der Waals surface area (Å²) in [5, 5.41) is 9.82. The van der Waals surface area contributed by atoms with Crippen LogP contribution in [-0.2, 0) is 5.41 Å². The maximum atomic E-state index is 9.82. The second kappa shape index (κ2) is 12.4. The van der Waals surface area contributed by atoms with Crippen LogP contribution >= 0.6 is 0 Å². The second-order valence-electron chi connectivity index (χ2n) is 13.4. The minimum absolute atomic E-state index is 0.0290. The van der Waals surface area contributed by atoms with Gasteiger partial charge < -0.3 is 0 Å². The third kappa shape index (κ3) is 5.11. The number of fused-ring (bicyclic) bond motifs is 5. The molecule has 0 unspecified atom stereocenters. The van der Waals surface area contributed by atoms with E-state index in [2.05, 4.69) is 109 Å². The Hall–Kier alpha value is -6.18. The van der Waals surface area contributed by atoms with Crippen molar-refractivity contribution in [2.24, 2.45) is 0 Å². The predicted octanol–water partition coefficient (Wildman–Crippen LogP) is 11.3. The number of benzene rings is 6. The highest BCUT2D eigenvalue weighted by Gasteiger charge is 2.44. The third-order valence-electron chi connectivity index (χ3n) is 10.6. The van der Waals surface area contributed by atoms with E-state index >= 15 is 0 Å². The van der Waals surface area contributed by atoms with E-state index in [0.717, 1.165) is 40.7 Å². The quantitative estimate of drug-likeness (QED) is 0.187. The molecule has 9 rings (SSSR count). The summed E-state index contributed by atoms with van der Waals surface area (Å²) in [6.07, 6.45) is 6.05. The normalized spacial score (nSPS) is 14.1. The molecular weight excluding hydrogens is 609 g/mol. The number of rotatable bonds is 5. The molecule has 1 fully saturated rings. The number of aromatic nitrogens is 3. The van der Waals surface area contributed by atoms with Crippen LogP contribution in [0.15, 0.2) is 146 Å². The average Bonchev–Trinajstić information content (AvgIpc) is 3.46. The summed E-state index contributed by atoms with van der Waals surface area (Å²) >= 11 is 0. The summed E-state index contributed by atoms with van der Waals surface area (Å²) in [5.41, 5.74) is 13.5. The smallest absolute Gasteiger partial charge is 0.164 e. The highest BCUT2D eigenvalue weighted by Crippen LogP contribution is 2.58. The largest absolute Gasteiger partial charge is 0.208 e. The number of nitrogens with zero attached hydrogens (tertiary/aromatic N) is 4. The van der Waals surface area contributed by atoms with E-state index in [1.165, 1.54) is 52.6 Å². The van der Waals surface area contributed by atoms with Crippen molar-refractivity contribution in [3.63, 3.8) is 0 Å². The van der Waals surface area contributed by atoms with E-state index in [9.17, 15) is 5.26 Å². The fraction of sp³-hybridized carbons (Fsp3) is 0.130. The first-order valence-electron chi connectivity index (χ1n) is 17.5. The van der Waals surface area contributed by atoms with Gasteiger partial charge in [0, 0.05) is 22.1 Å². The number of hydrogen-bond donors (Lipinski definition) is 0. The highest BCUT2D eigenvalue weighted by atomic mass is 15.0. The summed E-state index contributed by atoms with van der Waals surface area (Å²) in [4.78, 5) is 14.9. The molecule has 0 bridgehead atoms. The third-order valence-corrected chi connectivity index (χ3v) is 10.6. The summed E-state index contributed by atoms with van der Waals surface area (Å²) in [6, 6.07) is 53.0. The molecule has 50 heavy (non-hydrogen) atoms. The molecule has 1 spiro atoms. The summed E-state index contributed by atoms with van der Waals surface area (Å²) < 4.78 is 0. The molecule has 0 atom stereocenters. The molecule has 238 valence electrons. The Morgan fingerprint density at radius 1 is 0.440 bits per heavy atom. The van der Waals surface area contributed by atoms with Crippen molar-refractivity contribution < 1.29 is 0 Å². The maximum Gasteiger partial charge on any atom is 0.164 e. The van der Waals surface area contributed by atoms with Crippen LogP contribution in [-0.4, -0.2) is 15.0 Å². The molecule has 4 nitrogen and oxygen atoms in total. The molecule has 0 radical (unpaired) electrons. The first-order chi connectivity index (χ1) is 24.7. The second-order valence-corrected chi connectivity index (χ2v) is 13.4. The van der Waals surface area contributed by atoms with Gasteiger partial charge in [-0.25, -0.2) is 15.0 Å². The highest BCUT2D eigenvalue weighted by molar-refractivity contribution is 5.93. The molecule has 4 heteroatoms. The SMILES string of the molecule is N#Cc1ccc2c(c1)-c1c(-c3ccc(-c4nc(-c5ccccc5)nc(-c5ccc(-c6ccccc6)cc5)n4)cc3)cccc1C21CCCCC1. The molecule has 0 saturated heterocycles. The van der Waals surface area contributed by atoms with Crippen molar-refractivity contribution >= 4 is 0 Å². The van der Waals surface area contributed by atoms with Crippen LogP contribution in [0.2, 0.25) is 0 Å². The standard InChI is InChI=1S/C46H34N4/c47-30-31-17-26-40-39(29-31)42-38(15-10-16-41(42)46(40)27-8-3-9-28-46)34-20-24-37(25-21-34)45-49-43(35-13-6-2-7-14-35)48-44(50-45)36-22-18-33(19-23-36)32-11-4-1-5-12-32/h1-2,4-7,10-26,29H,3,8-9,27-28H2. The zero-order valence-corrected chi connectivity index (χ0v) is 27.7. The molecule has 0 amide bonds. The molecule has 1 saturated carbocycles. The summed E-state index contributed by atoms with van der Waals surface area (Å²) in [7, 11) is 0. The lowest BCUT2D eigenvalue weighted by molar-refractivity contribution is 0.353. The zero-order valence-electron chi connectivity index (χ0n) is 27.7. The van der Waals surface area contributed by atoms with Gasteiger partial charge in [0.15, 0.2) is 17.5 Å². The van der Waals surface area contributed by atoms with Gasteiger partial charge in [-0.1, -0.05) is 153 Å². The van der Waals surface area contributed by atoms with Crippen molar-refractivity contribution in [2.45, 2.75) is 37.5 Å². The van der Waals surface area contributed by atoms with Gasteiger partial charge in [-0.05, 0) is 69.5 Å². The molecule has 2 aliphatic rings. The average molecular weight is 643 g/mol. The first kappa shape index (κ1) is 29.9. The topological polar surface area (TPSA) is 62.5 Å². The Balaban J connectivity index is 1.12. The summed E-state index contributed by atoms with van der Waals surface area (Å²) in [6.45, 7) is 0. The molecule has 6 aromatic carbocycles. The van der Waals surface area contributed by atoms with E-state index < -0.39 is 0 Å². The van der Waals surface area contributed by atoms with Gasteiger partial charge in [0.25, 0.3) is 0 Å². The van der Waals surface area contributed by atoms with Crippen LogP contribution in [0, 0.1) is 11.3 Å². The molecule has 0 aliphatic heterocycles. The van der Waals surface area contributed by atoms with E-state index in [0.29, 0.717) is 23.0 Å². The molecule has 0 N–H and O–H groups in total. The van der Waals surface area contributed by atoms with Crippen LogP contribution < -0.4 is 0 Å². The Labute approximate surface area is 292 Å². The lowest BCUT2D eigenvalue weighted by Crippen LogP contribution is -2.28. The molecule has 7 aromatic rings. The van der Waals surface area contributed by atoms with E-state index in [1.807, 2.05) is 42.5 Å². The van der Waals surface area contributed by atoms with Gasteiger partial charge in [-0.2, -0.15) is 5.26 Å². The first-order valence-corrected chi connectivity index (χ1v) is 17.5. The van der Waals surface area contributed by atoms with Crippen LogP contribution in [0.25, 0.3) is 67.5 Å². The molecule has 1 heterocycles. The van der Waals surface area contributed by atoms with Crippen molar-refractivity contribution in [3.05, 3.63) is 162 Å². The minimum atomic E-state index is 0.0290. The van der Waals surface area contributed by atoms with Crippen molar-refractivity contribution in [1.82, 2.24) is 15.0 Å². The monoisotopic (exact) mass is 642 g/mol. The Bertz CT molecular complexity index is 2380. The predicted molar refractivity (Wildman–Crippen MR) is 201 cm³/mol. The maximum absolute atomic E-state index is 9.82. The fourth-order valence-corrected chi connectivity index (χ4v) is 8.15. The van der Waals surface area contributed by atoms with Crippen molar-refractivity contribution in [2.75, 3.05) is 0 Å². The van der Waals surface area contributed by atoms with E-state index in [4.69, 9.17) is 15.0 Å². The van der Waals surface area contributed by atoms with Gasteiger partial charge in [0.05, 0.1) is 11.6 Å². The number of nitriles is 1. The van der Waals surface area contributed by atoms with Crippen LogP contribution in [0.3, 0.4) is 0 Å². The molecular formula is C46H34N4. The van der Waals surface area contributed by atoms with Crippen LogP contribution in [0.1, 0.15) is 48.8 Å². The lowest BCUT2D eigenvalue weighted by Gasteiger charge is -2.36. The van der Waals surface area contributed by atoms with Gasteiger partial charge in [0.1, 0.15) is 0 Å². The van der Waals surface area contributed by atoms with Crippen molar-refractivity contribution in [3.8, 4) is 73.6 Å². The van der Waals surface area contributed by atoms with Gasteiger partial charge >= 0.3 is 0 Å². The van der Waals surface area contributed by atoms with Crippen LogP contribution in [0.4, 0.5) is 0 Å². The zero-order chi connectivity index (χ0) is 33.5. The Morgan fingerprint density at radius 2 is 0.960 bits per heavy atom.